The van der Waals surface area contributed by atoms with Gasteiger partial charge >= 0.3 is 0 Å². The van der Waals surface area contributed by atoms with E-state index in [4.69, 9.17) is 4.74 Å². The molecule has 1 amide bonds. The van der Waals surface area contributed by atoms with E-state index in [2.05, 4.69) is 0 Å². The lowest BCUT2D eigenvalue weighted by atomic mass is 10.2. The maximum atomic E-state index is 11.8. The zero-order chi connectivity index (χ0) is 12.8. The SMILES string of the molecule is Cc1cccc(OCCCC(=O)N2CCCC2)c1. The molecule has 2 rings (SSSR count). The number of hydrogen-bond donors (Lipinski definition) is 0. The fraction of sp³-hybridized carbons (Fsp3) is 0.533. The van der Waals surface area contributed by atoms with Gasteiger partial charge in [-0.2, -0.15) is 0 Å². The van der Waals surface area contributed by atoms with Gasteiger partial charge in [0.05, 0.1) is 6.61 Å². The number of hydrogen-bond acceptors (Lipinski definition) is 2. The minimum atomic E-state index is 0.278. The number of nitrogens with zero attached hydrogens (tertiary/aromatic N) is 1. The van der Waals surface area contributed by atoms with Crippen molar-refractivity contribution in [3.05, 3.63) is 29.8 Å². The van der Waals surface area contributed by atoms with Crippen LogP contribution in [0.2, 0.25) is 0 Å². The fourth-order valence-electron chi connectivity index (χ4n) is 2.24. The highest BCUT2D eigenvalue weighted by Gasteiger charge is 2.16. The molecule has 98 valence electrons. The minimum absolute atomic E-state index is 0.278. The van der Waals surface area contributed by atoms with Crippen LogP contribution in [0.4, 0.5) is 0 Å². The number of aryl methyl sites for hydroxylation is 1. The Kier molecular flexibility index (Phi) is 4.62. The molecule has 0 radical (unpaired) electrons. The molecule has 0 saturated carbocycles. The summed E-state index contributed by atoms with van der Waals surface area (Å²) in [6, 6.07) is 8.00. The van der Waals surface area contributed by atoms with Gasteiger partial charge in [0.15, 0.2) is 0 Å². The smallest absolute Gasteiger partial charge is 0.222 e. The second-order valence-electron chi connectivity index (χ2n) is 4.86. The molecule has 0 unspecified atom stereocenters. The van der Waals surface area contributed by atoms with Gasteiger partial charge < -0.3 is 9.64 Å². The molecule has 3 heteroatoms. The fourth-order valence-corrected chi connectivity index (χ4v) is 2.24. The maximum Gasteiger partial charge on any atom is 0.222 e. The second-order valence-corrected chi connectivity index (χ2v) is 4.86. The quantitative estimate of drug-likeness (QED) is 0.749. The van der Waals surface area contributed by atoms with Crippen LogP contribution in [0.25, 0.3) is 0 Å². The third kappa shape index (κ3) is 3.76. The molecular weight excluding hydrogens is 226 g/mol. The molecule has 1 aromatic rings. The van der Waals surface area contributed by atoms with Crippen molar-refractivity contribution in [3.8, 4) is 5.75 Å². The van der Waals surface area contributed by atoms with Crippen LogP contribution in [-0.4, -0.2) is 30.5 Å². The number of ether oxygens (including phenoxy) is 1. The third-order valence-electron chi connectivity index (χ3n) is 3.25. The summed E-state index contributed by atoms with van der Waals surface area (Å²) >= 11 is 0. The number of likely N-dealkylation sites (tertiary alicyclic amines) is 1. The van der Waals surface area contributed by atoms with E-state index in [1.165, 1.54) is 5.56 Å². The molecule has 1 aliphatic rings. The largest absolute Gasteiger partial charge is 0.494 e. The van der Waals surface area contributed by atoms with Crippen LogP contribution in [0.5, 0.6) is 5.75 Å². The maximum absolute atomic E-state index is 11.8. The van der Waals surface area contributed by atoms with Crippen molar-refractivity contribution in [3.63, 3.8) is 0 Å². The molecule has 0 spiro atoms. The molecule has 18 heavy (non-hydrogen) atoms. The van der Waals surface area contributed by atoms with Crippen molar-refractivity contribution in [2.24, 2.45) is 0 Å². The Bertz CT molecular complexity index is 397. The van der Waals surface area contributed by atoms with Crippen molar-refractivity contribution in [1.29, 1.82) is 0 Å². The van der Waals surface area contributed by atoms with Crippen molar-refractivity contribution >= 4 is 5.91 Å². The van der Waals surface area contributed by atoms with E-state index in [-0.39, 0.29) is 5.91 Å². The minimum Gasteiger partial charge on any atom is -0.494 e. The first-order valence-electron chi connectivity index (χ1n) is 6.73. The van der Waals surface area contributed by atoms with E-state index in [9.17, 15) is 4.79 Å². The summed E-state index contributed by atoms with van der Waals surface area (Å²) in [6.07, 6.45) is 3.71. The van der Waals surface area contributed by atoms with Crippen LogP contribution in [0.3, 0.4) is 0 Å². The predicted molar refractivity (Wildman–Crippen MR) is 71.7 cm³/mol. The third-order valence-corrected chi connectivity index (χ3v) is 3.25. The Hall–Kier alpha value is -1.51. The van der Waals surface area contributed by atoms with Crippen LogP contribution in [0, 0.1) is 6.92 Å². The lowest BCUT2D eigenvalue weighted by Crippen LogP contribution is -2.27. The first kappa shape index (κ1) is 12.9. The summed E-state index contributed by atoms with van der Waals surface area (Å²) in [7, 11) is 0. The van der Waals surface area contributed by atoms with Crippen molar-refractivity contribution in [2.45, 2.75) is 32.6 Å². The number of carbonyl (C=O) groups excluding carboxylic acids is 1. The van der Waals surface area contributed by atoms with Crippen molar-refractivity contribution in [2.75, 3.05) is 19.7 Å². The lowest BCUT2D eigenvalue weighted by molar-refractivity contribution is -0.130. The van der Waals surface area contributed by atoms with Crippen LogP contribution in [-0.2, 0) is 4.79 Å². The van der Waals surface area contributed by atoms with Crippen LogP contribution < -0.4 is 4.74 Å². The topological polar surface area (TPSA) is 29.5 Å². The molecule has 0 aliphatic carbocycles. The van der Waals surface area contributed by atoms with Gasteiger partial charge in [0.25, 0.3) is 0 Å². The van der Waals surface area contributed by atoms with E-state index < -0.39 is 0 Å². The normalized spacial score (nSPS) is 14.8. The summed E-state index contributed by atoms with van der Waals surface area (Å²) in [5.74, 6) is 1.17. The molecule has 0 N–H and O–H groups in total. The first-order chi connectivity index (χ1) is 8.75. The second kappa shape index (κ2) is 6.43. The summed E-state index contributed by atoms with van der Waals surface area (Å²) < 4.78 is 5.63. The molecule has 1 saturated heterocycles. The van der Waals surface area contributed by atoms with Gasteiger partial charge in [0, 0.05) is 19.5 Å². The summed E-state index contributed by atoms with van der Waals surface area (Å²) in [6.45, 7) is 4.54. The Morgan fingerprint density at radius 1 is 1.33 bits per heavy atom. The highest BCUT2D eigenvalue weighted by Crippen LogP contribution is 2.13. The molecule has 1 fully saturated rings. The summed E-state index contributed by atoms with van der Waals surface area (Å²) in [5, 5.41) is 0. The number of benzene rings is 1. The molecule has 3 nitrogen and oxygen atoms in total. The Labute approximate surface area is 109 Å². The first-order valence-corrected chi connectivity index (χ1v) is 6.73. The lowest BCUT2D eigenvalue weighted by Gasteiger charge is -2.15. The van der Waals surface area contributed by atoms with Gasteiger partial charge in [-0.05, 0) is 43.9 Å². The van der Waals surface area contributed by atoms with Crippen LogP contribution in [0.15, 0.2) is 24.3 Å². The Morgan fingerprint density at radius 3 is 2.83 bits per heavy atom. The van der Waals surface area contributed by atoms with Crippen LogP contribution in [0.1, 0.15) is 31.2 Å². The number of carbonyl (C=O) groups is 1. The van der Waals surface area contributed by atoms with E-state index in [0.29, 0.717) is 13.0 Å². The Balaban J connectivity index is 1.65. The zero-order valence-electron chi connectivity index (χ0n) is 11.0. The van der Waals surface area contributed by atoms with Gasteiger partial charge in [0.2, 0.25) is 5.91 Å². The Morgan fingerprint density at radius 2 is 2.11 bits per heavy atom. The van der Waals surface area contributed by atoms with Gasteiger partial charge in [-0.3, -0.25) is 4.79 Å². The number of amides is 1. The van der Waals surface area contributed by atoms with Crippen molar-refractivity contribution < 1.29 is 9.53 Å². The molecule has 1 aromatic carbocycles. The molecule has 0 atom stereocenters. The highest BCUT2D eigenvalue weighted by atomic mass is 16.5. The van der Waals surface area contributed by atoms with Gasteiger partial charge in [-0.1, -0.05) is 12.1 Å². The molecule has 1 heterocycles. The van der Waals surface area contributed by atoms with Crippen molar-refractivity contribution in [1.82, 2.24) is 4.90 Å². The summed E-state index contributed by atoms with van der Waals surface area (Å²) in [4.78, 5) is 13.7. The molecule has 0 bridgehead atoms. The van der Waals surface area contributed by atoms with Crippen LogP contribution >= 0.6 is 0 Å². The predicted octanol–water partition coefficient (Wildman–Crippen LogP) is 2.78. The van der Waals surface area contributed by atoms with Gasteiger partial charge in [-0.25, -0.2) is 0 Å². The van der Waals surface area contributed by atoms with E-state index >= 15 is 0 Å². The van der Waals surface area contributed by atoms with E-state index in [1.807, 2.05) is 36.1 Å². The highest BCUT2D eigenvalue weighted by molar-refractivity contribution is 5.76. The average Bonchev–Trinajstić information content (AvgIpc) is 2.88. The molecule has 1 aliphatic heterocycles. The standard InChI is InChI=1S/C15H21NO2/c1-13-6-4-7-14(12-13)18-11-5-8-15(17)16-9-2-3-10-16/h4,6-7,12H,2-3,5,8-11H2,1H3. The number of rotatable bonds is 5. The van der Waals surface area contributed by atoms with Gasteiger partial charge in [0.1, 0.15) is 5.75 Å². The molecule has 0 aromatic heterocycles. The summed E-state index contributed by atoms with van der Waals surface area (Å²) in [5.41, 5.74) is 1.20. The van der Waals surface area contributed by atoms with E-state index in [1.54, 1.807) is 0 Å². The van der Waals surface area contributed by atoms with Gasteiger partial charge in [-0.15, -0.1) is 0 Å². The van der Waals surface area contributed by atoms with E-state index in [0.717, 1.165) is 38.1 Å². The monoisotopic (exact) mass is 247 g/mol. The average molecular weight is 247 g/mol. The zero-order valence-corrected chi connectivity index (χ0v) is 11.0. The molecular formula is C15H21NO2.